The van der Waals surface area contributed by atoms with E-state index in [1.165, 1.54) is 18.4 Å². The monoisotopic (exact) mass is 328 g/mol. The zero-order valence-electron chi connectivity index (χ0n) is 15.3. The molecule has 0 aromatic heterocycles. The fourth-order valence-electron chi connectivity index (χ4n) is 7.17. The molecule has 7 atom stereocenters. The molecule has 0 aromatic carbocycles. The number of fused-ring (bicyclic) bond motifs is 5. The Kier molecular flexibility index (Phi) is 3.84. The second-order valence-corrected chi connectivity index (χ2v) is 9.25. The maximum absolute atomic E-state index is 11.8. The molecule has 3 saturated carbocycles. The summed E-state index contributed by atoms with van der Waals surface area (Å²) in [5, 5.41) is 11.5. The van der Waals surface area contributed by atoms with Crippen LogP contribution in [0.3, 0.4) is 0 Å². The van der Waals surface area contributed by atoms with Crippen LogP contribution in [0.4, 0.5) is 0 Å². The maximum atomic E-state index is 11.8. The summed E-state index contributed by atoms with van der Waals surface area (Å²) < 4.78 is 0. The molecule has 132 valence electrons. The topological polar surface area (TPSA) is 37.3 Å². The minimum Gasteiger partial charge on any atom is -0.389 e. The van der Waals surface area contributed by atoms with E-state index in [9.17, 15) is 9.90 Å². The molecular formula is C22H32O2. The molecule has 4 aliphatic rings. The molecule has 24 heavy (non-hydrogen) atoms. The minimum atomic E-state index is -0.580. The first-order valence-corrected chi connectivity index (χ1v) is 9.99. The van der Waals surface area contributed by atoms with Gasteiger partial charge in [-0.15, -0.1) is 6.58 Å². The maximum Gasteiger partial charge on any atom is 0.155 e. The zero-order valence-corrected chi connectivity index (χ0v) is 15.3. The van der Waals surface area contributed by atoms with Gasteiger partial charge in [-0.25, -0.2) is 0 Å². The van der Waals surface area contributed by atoms with Crippen molar-refractivity contribution in [2.45, 2.75) is 70.8 Å². The van der Waals surface area contributed by atoms with Gasteiger partial charge in [0, 0.05) is 12.3 Å². The molecule has 0 spiro atoms. The van der Waals surface area contributed by atoms with E-state index in [1.54, 1.807) is 0 Å². The zero-order chi connectivity index (χ0) is 17.1. The number of rotatable bonds is 2. The third-order valence-electron chi connectivity index (χ3n) is 8.62. The van der Waals surface area contributed by atoms with Gasteiger partial charge < -0.3 is 5.11 Å². The lowest BCUT2D eigenvalue weighted by Gasteiger charge is -2.56. The lowest BCUT2D eigenvalue weighted by molar-refractivity contribution is -0.136. The minimum absolute atomic E-state index is 0.0352. The van der Waals surface area contributed by atoms with Gasteiger partial charge in [-0.3, -0.25) is 4.79 Å². The molecule has 0 radical (unpaired) electrons. The smallest absolute Gasteiger partial charge is 0.155 e. The summed E-state index contributed by atoms with van der Waals surface area (Å²) in [5.74, 6) is 3.29. The van der Waals surface area contributed by atoms with Crippen LogP contribution in [0.5, 0.6) is 0 Å². The van der Waals surface area contributed by atoms with Crippen LogP contribution in [0.2, 0.25) is 0 Å². The summed E-state index contributed by atoms with van der Waals surface area (Å²) in [7, 11) is 0. The van der Waals surface area contributed by atoms with Gasteiger partial charge in [0.2, 0.25) is 0 Å². The molecule has 2 nitrogen and oxygen atoms in total. The fraction of sp³-hybridized carbons (Fsp3) is 0.773. The van der Waals surface area contributed by atoms with Crippen molar-refractivity contribution < 1.29 is 9.90 Å². The summed E-state index contributed by atoms with van der Waals surface area (Å²) in [6, 6.07) is 0. The summed E-state index contributed by atoms with van der Waals surface area (Å²) >= 11 is 0. The highest BCUT2D eigenvalue weighted by Gasteiger charge is 2.63. The van der Waals surface area contributed by atoms with Gasteiger partial charge in [0.1, 0.15) is 0 Å². The van der Waals surface area contributed by atoms with E-state index in [0.29, 0.717) is 17.6 Å². The van der Waals surface area contributed by atoms with Crippen LogP contribution in [-0.4, -0.2) is 16.5 Å². The number of ketones is 1. The highest BCUT2D eigenvalue weighted by atomic mass is 16.3. The van der Waals surface area contributed by atoms with Gasteiger partial charge in [0.15, 0.2) is 5.78 Å². The van der Waals surface area contributed by atoms with Gasteiger partial charge in [-0.2, -0.15) is 0 Å². The van der Waals surface area contributed by atoms with Crippen molar-refractivity contribution >= 4 is 5.78 Å². The van der Waals surface area contributed by atoms with Gasteiger partial charge >= 0.3 is 0 Å². The van der Waals surface area contributed by atoms with Crippen molar-refractivity contribution in [2.24, 2.45) is 35.0 Å². The molecule has 4 rings (SSSR count). The van der Waals surface area contributed by atoms with E-state index in [2.05, 4.69) is 20.4 Å². The average Bonchev–Trinajstić information content (AvgIpc) is 2.86. The molecule has 0 saturated heterocycles. The van der Waals surface area contributed by atoms with Crippen LogP contribution < -0.4 is 0 Å². The molecule has 4 aliphatic carbocycles. The Morgan fingerprint density at radius 1 is 1.21 bits per heavy atom. The Morgan fingerprint density at radius 2 is 2.00 bits per heavy atom. The highest BCUT2D eigenvalue weighted by Crippen LogP contribution is 2.66. The standard InChI is InChI=1S/C22H32O2/c1-4-14(2)22(24)12-10-20-19-7-5-15-13-16(23)6-8-17(15)18(19)9-11-21(20,22)3/h4,13-14,17-20,24H,1,5-12H2,2-3H3/t14-,17?,18?,19?,20?,21?,22-/m1/s1. The summed E-state index contributed by atoms with van der Waals surface area (Å²) in [6.45, 7) is 8.46. The van der Waals surface area contributed by atoms with Crippen molar-refractivity contribution in [3.8, 4) is 0 Å². The first-order chi connectivity index (χ1) is 11.4. The van der Waals surface area contributed by atoms with Crippen molar-refractivity contribution in [1.82, 2.24) is 0 Å². The summed E-state index contributed by atoms with van der Waals surface area (Å²) in [5.41, 5.74) is 0.903. The first-order valence-electron chi connectivity index (χ1n) is 9.99. The predicted molar refractivity (Wildman–Crippen MR) is 96.4 cm³/mol. The van der Waals surface area contributed by atoms with Crippen LogP contribution in [0.25, 0.3) is 0 Å². The van der Waals surface area contributed by atoms with E-state index in [0.717, 1.165) is 50.4 Å². The molecule has 1 N–H and O–H groups in total. The fourth-order valence-corrected chi connectivity index (χ4v) is 7.17. The van der Waals surface area contributed by atoms with E-state index in [-0.39, 0.29) is 11.3 Å². The average molecular weight is 328 g/mol. The van der Waals surface area contributed by atoms with Gasteiger partial charge in [-0.1, -0.05) is 25.5 Å². The Morgan fingerprint density at radius 3 is 2.75 bits per heavy atom. The summed E-state index contributed by atoms with van der Waals surface area (Å²) in [6.07, 6.45) is 12.5. The lowest BCUT2D eigenvalue weighted by Crippen LogP contribution is -2.55. The lowest BCUT2D eigenvalue weighted by atomic mass is 9.49. The van der Waals surface area contributed by atoms with Crippen molar-refractivity contribution in [1.29, 1.82) is 0 Å². The SMILES string of the molecule is C=C[C@@H](C)[C@]1(O)CCC2C3CCC4=CC(=O)CCC4C3CCC21C. The van der Waals surface area contributed by atoms with E-state index < -0.39 is 5.60 Å². The Labute approximate surface area is 146 Å². The largest absolute Gasteiger partial charge is 0.389 e. The normalized spacial score (nSPS) is 48.8. The van der Waals surface area contributed by atoms with Crippen molar-refractivity contribution in [3.05, 3.63) is 24.3 Å². The number of carbonyl (C=O) groups is 1. The quantitative estimate of drug-likeness (QED) is 0.747. The van der Waals surface area contributed by atoms with Crippen LogP contribution in [0.15, 0.2) is 24.3 Å². The Hall–Kier alpha value is -0.890. The second-order valence-electron chi connectivity index (χ2n) is 9.25. The molecule has 3 fully saturated rings. The molecule has 0 aromatic rings. The number of aliphatic hydroxyl groups is 1. The van der Waals surface area contributed by atoms with Crippen LogP contribution in [-0.2, 0) is 4.79 Å². The third-order valence-corrected chi connectivity index (χ3v) is 8.62. The van der Waals surface area contributed by atoms with E-state index in [1.807, 2.05) is 12.2 Å². The van der Waals surface area contributed by atoms with Gasteiger partial charge in [0.05, 0.1) is 5.60 Å². The molecule has 0 heterocycles. The van der Waals surface area contributed by atoms with E-state index >= 15 is 0 Å². The number of allylic oxidation sites excluding steroid dienone is 1. The number of hydrogen-bond acceptors (Lipinski definition) is 2. The van der Waals surface area contributed by atoms with Crippen LogP contribution in [0.1, 0.15) is 65.2 Å². The van der Waals surface area contributed by atoms with E-state index in [4.69, 9.17) is 0 Å². The first kappa shape index (κ1) is 16.6. The third kappa shape index (κ3) is 2.08. The number of hydrogen-bond donors (Lipinski definition) is 1. The molecule has 0 aliphatic heterocycles. The van der Waals surface area contributed by atoms with Crippen LogP contribution in [0, 0.1) is 35.0 Å². The molecule has 0 bridgehead atoms. The number of carbonyl (C=O) groups excluding carboxylic acids is 1. The Bertz CT molecular complexity index is 591. The summed E-state index contributed by atoms with van der Waals surface area (Å²) in [4.78, 5) is 11.8. The molecule has 5 unspecified atom stereocenters. The van der Waals surface area contributed by atoms with Crippen molar-refractivity contribution in [3.63, 3.8) is 0 Å². The second kappa shape index (κ2) is 5.56. The molecule has 0 amide bonds. The highest BCUT2D eigenvalue weighted by molar-refractivity contribution is 5.91. The van der Waals surface area contributed by atoms with Gasteiger partial charge in [-0.05, 0) is 80.1 Å². The van der Waals surface area contributed by atoms with Crippen molar-refractivity contribution in [2.75, 3.05) is 0 Å². The molecule has 2 heteroatoms. The molecular weight excluding hydrogens is 296 g/mol. The Balaban J connectivity index is 1.64. The predicted octanol–water partition coefficient (Wildman–Crippen LogP) is 4.68. The van der Waals surface area contributed by atoms with Gasteiger partial charge in [0.25, 0.3) is 0 Å². The van der Waals surface area contributed by atoms with Crippen LogP contribution >= 0.6 is 0 Å².